The average Bonchev–Trinajstić information content (AvgIpc) is 2.47. The lowest BCUT2D eigenvalue weighted by atomic mass is 9.86. The monoisotopic (exact) mass is 311 g/mol. The molecule has 2 rings (SSSR count). The van der Waals surface area contributed by atoms with Crippen LogP contribution < -0.4 is 4.72 Å². The van der Waals surface area contributed by atoms with Crippen LogP contribution in [0.5, 0.6) is 0 Å². The van der Waals surface area contributed by atoms with Gasteiger partial charge in [0.05, 0.1) is 17.9 Å². The SMILES string of the molecule is COC(=O)C1CCC(NS(=O)(=O)c2ccc(C)cc2)CC1. The molecule has 0 unspecified atom stereocenters. The van der Waals surface area contributed by atoms with Gasteiger partial charge in [0.15, 0.2) is 0 Å². The Morgan fingerprint density at radius 2 is 1.71 bits per heavy atom. The molecule has 1 fully saturated rings. The van der Waals surface area contributed by atoms with Crippen LogP contribution in [-0.2, 0) is 19.6 Å². The van der Waals surface area contributed by atoms with Crippen molar-refractivity contribution in [2.75, 3.05) is 7.11 Å². The predicted molar refractivity (Wildman–Crippen MR) is 79.3 cm³/mol. The van der Waals surface area contributed by atoms with E-state index < -0.39 is 10.0 Å². The quantitative estimate of drug-likeness (QED) is 0.863. The van der Waals surface area contributed by atoms with Crippen molar-refractivity contribution >= 4 is 16.0 Å². The fourth-order valence-electron chi connectivity index (χ4n) is 2.62. The summed E-state index contributed by atoms with van der Waals surface area (Å²) in [4.78, 5) is 11.7. The van der Waals surface area contributed by atoms with Gasteiger partial charge in [-0.1, -0.05) is 17.7 Å². The highest BCUT2D eigenvalue weighted by Gasteiger charge is 2.29. The number of rotatable bonds is 4. The standard InChI is InChI=1S/C15H21NO4S/c1-11-3-9-14(10-4-11)21(18,19)16-13-7-5-12(6-8-13)15(17)20-2/h3-4,9-10,12-13,16H,5-8H2,1-2H3. The third-order valence-electron chi connectivity index (χ3n) is 3.91. The summed E-state index contributed by atoms with van der Waals surface area (Å²) >= 11 is 0. The van der Waals surface area contributed by atoms with Crippen LogP contribution in [0.3, 0.4) is 0 Å². The van der Waals surface area contributed by atoms with Crippen molar-refractivity contribution in [3.63, 3.8) is 0 Å². The number of ether oxygens (including phenoxy) is 1. The number of hydrogen-bond donors (Lipinski definition) is 1. The Kier molecular flexibility index (Phi) is 5.00. The smallest absolute Gasteiger partial charge is 0.308 e. The number of sulfonamides is 1. The van der Waals surface area contributed by atoms with E-state index in [4.69, 9.17) is 4.74 Å². The Bertz CT molecular complexity index is 587. The minimum atomic E-state index is -3.49. The number of esters is 1. The molecule has 0 amide bonds. The number of carbonyl (C=O) groups is 1. The van der Waals surface area contributed by atoms with Gasteiger partial charge in [0.1, 0.15) is 0 Å². The van der Waals surface area contributed by atoms with Crippen molar-refractivity contribution in [2.45, 2.75) is 43.5 Å². The van der Waals surface area contributed by atoms with Crippen molar-refractivity contribution in [2.24, 2.45) is 5.92 Å². The van der Waals surface area contributed by atoms with Crippen LogP contribution in [-0.4, -0.2) is 27.5 Å². The lowest BCUT2D eigenvalue weighted by Crippen LogP contribution is -2.38. The maximum atomic E-state index is 12.3. The average molecular weight is 311 g/mol. The summed E-state index contributed by atoms with van der Waals surface area (Å²) < 4.78 is 32.0. The minimum absolute atomic E-state index is 0.102. The van der Waals surface area contributed by atoms with Crippen LogP contribution in [0.2, 0.25) is 0 Å². The van der Waals surface area contributed by atoms with Gasteiger partial charge in [0, 0.05) is 6.04 Å². The van der Waals surface area contributed by atoms with Crippen LogP contribution in [0.1, 0.15) is 31.2 Å². The molecule has 6 heteroatoms. The first kappa shape index (κ1) is 16.0. The Labute approximate surface area is 125 Å². The molecule has 1 aromatic rings. The molecule has 1 N–H and O–H groups in total. The normalized spacial score (nSPS) is 22.8. The summed E-state index contributed by atoms with van der Waals surface area (Å²) in [6.07, 6.45) is 2.64. The zero-order chi connectivity index (χ0) is 15.5. The molecule has 0 spiro atoms. The van der Waals surface area contributed by atoms with Gasteiger partial charge in [0.2, 0.25) is 10.0 Å². The van der Waals surface area contributed by atoms with Crippen LogP contribution in [0.4, 0.5) is 0 Å². The van der Waals surface area contributed by atoms with E-state index >= 15 is 0 Å². The van der Waals surface area contributed by atoms with Gasteiger partial charge < -0.3 is 4.74 Å². The van der Waals surface area contributed by atoms with Crippen LogP contribution >= 0.6 is 0 Å². The molecule has 116 valence electrons. The van der Waals surface area contributed by atoms with E-state index in [0.29, 0.717) is 25.7 Å². The van der Waals surface area contributed by atoms with E-state index in [1.807, 2.05) is 6.92 Å². The van der Waals surface area contributed by atoms with Crippen LogP contribution in [0.15, 0.2) is 29.2 Å². The van der Waals surface area contributed by atoms with E-state index in [1.165, 1.54) is 7.11 Å². The van der Waals surface area contributed by atoms with E-state index in [2.05, 4.69) is 4.72 Å². The van der Waals surface area contributed by atoms with Gasteiger partial charge in [-0.15, -0.1) is 0 Å². The second kappa shape index (κ2) is 6.58. The van der Waals surface area contributed by atoms with Crippen LogP contribution in [0.25, 0.3) is 0 Å². The topological polar surface area (TPSA) is 72.5 Å². The molecule has 1 aromatic carbocycles. The van der Waals surface area contributed by atoms with Crippen molar-refractivity contribution in [3.05, 3.63) is 29.8 Å². The molecule has 5 nitrogen and oxygen atoms in total. The molecule has 0 bridgehead atoms. The maximum absolute atomic E-state index is 12.3. The lowest BCUT2D eigenvalue weighted by molar-refractivity contribution is -0.146. The second-order valence-corrected chi connectivity index (χ2v) is 7.22. The summed E-state index contributed by atoms with van der Waals surface area (Å²) in [7, 11) is -2.10. The Morgan fingerprint density at radius 1 is 1.14 bits per heavy atom. The van der Waals surface area contributed by atoms with Crippen molar-refractivity contribution in [3.8, 4) is 0 Å². The second-order valence-electron chi connectivity index (χ2n) is 5.51. The molecule has 0 heterocycles. The Balaban J connectivity index is 1.96. The first-order chi connectivity index (χ1) is 9.92. The van der Waals surface area contributed by atoms with Crippen molar-refractivity contribution in [1.82, 2.24) is 4.72 Å². The molecular formula is C15H21NO4S. The van der Waals surface area contributed by atoms with Gasteiger partial charge in [-0.25, -0.2) is 13.1 Å². The predicted octanol–water partition coefficient (Wildman–Crippen LogP) is 2.01. The molecule has 1 aliphatic rings. The summed E-state index contributed by atoms with van der Waals surface area (Å²) in [5.41, 5.74) is 1.02. The molecule has 1 saturated carbocycles. The highest BCUT2D eigenvalue weighted by atomic mass is 32.2. The third-order valence-corrected chi connectivity index (χ3v) is 5.45. The van der Waals surface area contributed by atoms with Gasteiger partial charge >= 0.3 is 5.97 Å². The maximum Gasteiger partial charge on any atom is 0.308 e. The first-order valence-corrected chi connectivity index (χ1v) is 8.57. The molecule has 0 saturated heterocycles. The van der Waals surface area contributed by atoms with E-state index in [9.17, 15) is 13.2 Å². The highest BCUT2D eigenvalue weighted by molar-refractivity contribution is 7.89. The lowest BCUT2D eigenvalue weighted by Gasteiger charge is -2.27. The molecular weight excluding hydrogens is 290 g/mol. The van der Waals surface area contributed by atoms with Crippen molar-refractivity contribution in [1.29, 1.82) is 0 Å². The summed E-state index contributed by atoms with van der Waals surface area (Å²) in [5.74, 6) is -0.301. The van der Waals surface area contributed by atoms with Gasteiger partial charge in [-0.3, -0.25) is 4.79 Å². The first-order valence-electron chi connectivity index (χ1n) is 7.09. The number of carbonyl (C=O) groups excluding carboxylic acids is 1. The Hall–Kier alpha value is -1.40. The number of benzene rings is 1. The number of nitrogens with one attached hydrogen (secondary N) is 1. The summed E-state index contributed by atoms with van der Waals surface area (Å²) in [6, 6.07) is 6.67. The van der Waals surface area contributed by atoms with Crippen molar-refractivity contribution < 1.29 is 17.9 Å². The van der Waals surface area contributed by atoms with E-state index in [-0.39, 0.29) is 22.8 Å². The molecule has 21 heavy (non-hydrogen) atoms. The fraction of sp³-hybridized carbons (Fsp3) is 0.533. The highest BCUT2D eigenvalue weighted by Crippen LogP contribution is 2.26. The van der Waals surface area contributed by atoms with E-state index in [0.717, 1.165) is 5.56 Å². The third kappa shape index (κ3) is 4.04. The van der Waals surface area contributed by atoms with Gasteiger partial charge in [-0.05, 0) is 44.7 Å². The molecule has 0 atom stereocenters. The zero-order valence-corrected chi connectivity index (χ0v) is 13.2. The molecule has 0 radical (unpaired) electrons. The van der Waals surface area contributed by atoms with Gasteiger partial charge in [0.25, 0.3) is 0 Å². The largest absolute Gasteiger partial charge is 0.469 e. The minimum Gasteiger partial charge on any atom is -0.469 e. The molecule has 0 aromatic heterocycles. The molecule has 0 aliphatic heterocycles. The van der Waals surface area contributed by atoms with Gasteiger partial charge in [-0.2, -0.15) is 0 Å². The zero-order valence-electron chi connectivity index (χ0n) is 12.3. The van der Waals surface area contributed by atoms with E-state index in [1.54, 1.807) is 24.3 Å². The van der Waals surface area contributed by atoms with Crippen LogP contribution in [0, 0.1) is 12.8 Å². The summed E-state index contributed by atoms with van der Waals surface area (Å²) in [6.45, 7) is 1.91. The Morgan fingerprint density at radius 3 is 2.24 bits per heavy atom. The number of aryl methyl sites for hydroxylation is 1. The fourth-order valence-corrected chi connectivity index (χ4v) is 3.92. The summed E-state index contributed by atoms with van der Waals surface area (Å²) in [5, 5.41) is 0. The molecule has 1 aliphatic carbocycles. The number of hydrogen-bond acceptors (Lipinski definition) is 4. The number of methoxy groups -OCH3 is 1.